The van der Waals surface area contributed by atoms with Crippen LogP contribution in [0.15, 0.2) is 48.7 Å². The van der Waals surface area contributed by atoms with Crippen LogP contribution in [0.5, 0.6) is 5.75 Å². The largest absolute Gasteiger partial charge is 0.497 e. The molecule has 3 rings (SSSR count). The van der Waals surface area contributed by atoms with Crippen molar-refractivity contribution < 1.29 is 9.53 Å². The molecule has 5 nitrogen and oxygen atoms in total. The third kappa shape index (κ3) is 3.34. The summed E-state index contributed by atoms with van der Waals surface area (Å²) >= 11 is 0. The number of pyridine rings is 1. The molecular formula is C18H19N3O2. The first-order chi connectivity index (χ1) is 11.2. The van der Waals surface area contributed by atoms with Gasteiger partial charge in [0.25, 0.3) is 0 Å². The maximum atomic E-state index is 12.1. The Labute approximate surface area is 134 Å². The Hall–Kier alpha value is -2.82. The van der Waals surface area contributed by atoms with Crippen LogP contribution in [0.2, 0.25) is 0 Å². The molecule has 0 spiro atoms. The summed E-state index contributed by atoms with van der Waals surface area (Å²) in [6, 6.07) is 13.4. The molecule has 0 saturated heterocycles. The van der Waals surface area contributed by atoms with E-state index in [1.54, 1.807) is 7.11 Å². The van der Waals surface area contributed by atoms with Crippen LogP contribution in [0.1, 0.15) is 17.0 Å². The number of fused-ring (bicyclic) bond motifs is 1. The van der Waals surface area contributed by atoms with Crippen LogP contribution >= 0.6 is 0 Å². The predicted molar refractivity (Wildman–Crippen MR) is 88.5 cm³/mol. The number of amides is 1. The van der Waals surface area contributed by atoms with Crippen LogP contribution in [0, 0.1) is 6.92 Å². The minimum atomic E-state index is -0.0135. The van der Waals surface area contributed by atoms with Gasteiger partial charge in [0, 0.05) is 6.20 Å². The smallest absolute Gasteiger partial charge is 0.224 e. The van der Waals surface area contributed by atoms with E-state index in [1.165, 1.54) is 0 Å². The van der Waals surface area contributed by atoms with Crippen molar-refractivity contribution >= 4 is 11.6 Å². The Morgan fingerprint density at radius 2 is 2.00 bits per heavy atom. The summed E-state index contributed by atoms with van der Waals surface area (Å²) < 4.78 is 7.12. The van der Waals surface area contributed by atoms with Crippen molar-refractivity contribution in [2.24, 2.45) is 0 Å². The number of ether oxygens (including phenoxy) is 1. The van der Waals surface area contributed by atoms with E-state index in [4.69, 9.17) is 4.74 Å². The molecule has 1 N–H and O–H groups in total. The van der Waals surface area contributed by atoms with Crippen LogP contribution in [-0.4, -0.2) is 22.4 Å². The van der Waals surface area contributed by atoms with Gasteiger partial charge in [-0.05, 0) is 36.8 Å². The minimum absolute atomic E-state index is 0.0135. The van der Waals surface area contributed by atoms with Crippen molar-refractivity contribution in [3.8, 4) is 5.75 Å². The second-order valence-corrected chi connectivity index (χ2v) is 5.37. The lowest BCUT2D eigenvalue weighted by Gasteiger charge is -2.07. The number of hydrogen-bond donors (Lipinski definition) is 1. The summed E-state index contributed by atoms with van der Waals surface area (Å²) in [5.41, 5.74) is 3.78. The summed E-state index contributed by atoms with van der Waals surface area (Å²) in [6.07, 6.45) is 2.31. The average molecular weight is 309 g/mol. The zero-order valence-electron chi connectivity index (χ0n) is 13.2. The molecule has 0 bridgehead atoms. The van der Waals surface area contributed by atoms with Crippen molar-refractivity contribution in [2.45, 2.75) is 19.9 Å². The molecule has 0 saturated carbocycles. The highest BCUT2D eigenvalue weighted by Crippen LogP contribution is 2.13. The van der Waals surface area contributed by atoms with E-state index in [0.717, 1.165) is 28.3 Å². The fourth-order valence-corrected chi connectivity index (χ4v) is 2.55. The quantitative estimate of drug-likeness (QED) is 0.788. The summed E-state index contributed by atoms with van der Waals surface area (Å²) in [6.45, 7) is 2.42. The zero-order valence-corrected chi connectivity index (χ0v) is 13.2. The molecule has 0 radical (unpaired) electrons. The lowest BCUT2D eigenvalue weighted by Crippen LogP contribution is -2.25. The Balaban J connectivity index is 1.65. The van der Waals surface area contributed by atoms with E-state index in [1.807, 2.05) is 60.0 Å². The van der Waals surface area contributed by atoms with Gasteiger partial charge in [0.2, 0.25) is 5.91 Å². The molecule has 2 heterocycles. The Bertz CT molecular complexity index is 822. The van der Waals surface area contributed by atoms with E-state index >= 15 is 0 Å². The van der Waals surface area contributed by atoms with E-state index in [2.05, 4.69) is 10.3 Å². The number of aromatic nitrogens is 2. The predicted octanol–water partition coefficient (Wildman–Crippen LogP) is 2.51. The van der Waals surface area contributed by atoms with Gasteiger partial charge in [-0.15, -0.1) is 0 Å². The number of imidazole rings is 1. The summed E-state index contributed by atoms with van der Waals surface area (Å²) in [7, 11) is 1.62. The third-order valence-corrected chi connectivity index (χ3v) is 3.81. The molecule has 1 aromatic carbocycles. The maximum absolute atomic E-state index is 12.1. The molecular weight excluding hydrogens is 290 g/mol. The Morgan fingerprint density at radius 3 is 2.74 bits per heavy atom. The molecule has 0 aliphatic carbocycles. The number of rotatable bonds is 5. The number of carbonyl (C=O) groups is 1. The van der Waals surface area contributed by atoms with Gasteiger partial charge in [0.1, 0.15) is 11.4 Å². The fraction of sp³-hybridized carbons (Fsp3) is 0.222. The van der Waals surface area contributed by atoms with Gasteiger partial charge in [-0.3, -0.25) is 4.79 Å². The third-order valence-electron chi connectivity index (χ3n) is 3.81. The highest BCUT2D eigenvalue weighted by molar-refractivity contribution is 5.78. The fourth-order valence-electron chi connectivity index (χ4n) is 2.55. The van der Waals surface area contributed by atoms with E-state index in [-0.39, 0.29) is 5.91 Å². The van der Waals surface area contributed by atoms with Crippen LogP contribution in [0.4, 0.5) is 0 Å². The highest BCUT2D eigenvalue weighted by atomic mass is 16.5. The highest BCUT2D eigenvalue weighted by Gasteiger charge is 2.10. The summed E-state index contributed by atoms with van der Waals surface area (Å²) in [5.74, 6) is 0.774. The van der Waals surface area contributed by atoms with E-state index in [9.17, 15) is 4.79 Å². The lowest BCUT2D eigenvalue weighted by molar-refractivity contribution is -0.120. The maximum Gasteiger partial charge on any atom is 0.224 e. The molecule has 0 aliphatic heterocycles. The van der Waals surface area contributed by atoms with Gasteiger partial charge in [-0.25, -0.2) is 4.98 Å². The van der Waals surface area contributed by atoms with Gasteiger partial charge >= 0.3 is 0 Å². The first kappa shape index (κ1) is 15.1. The molecule has 5 heteroatoms. The SMILES string of the molecule is COc1ccc(CC(=O)NCc2c(C)nc3ccccn23)cc1. The molecule has 0 aliphatic rings. The molecule has 0 unspecified atom stereocenters. The number of nitrogens with one attached hydrogen (secondary N) is 1. The van der Waals surface area contributed by atoms with Crippen molar-refractivity contribution in [3.63, 3.8) is 0 Å². The van der Waals surface area contributed by atoms with Gasteiger partial charge in [-0.2, -0.15) is 0 Å². The van der Waals surface area contributed by atoms with Crippen molar-refractivity contribution in [3.05, 3.63) is 65.6 Å². The van der Waals surface area contributed by atoms with E-state index in [0.29, 0.717) is 13.0 Å². The molecule has 3 aromatic rings. The van der Waals surface area contributed by atoms with Crippen molar-refractivity contribution in [1.82, 2.24) is 14.7 Å². The average Bonchev–Trinajstić information content (AvgIpc) is 2.89. The first-order valence-electron chi connectivity index (χ1n) is 7.49. The minimum Gasteiger partial charge on any atom is -0.497 e. The van der Waals surface area contributed by atoms with E-state index < -0.39 is 0 Å². The van der Waals surface area contributed by atoms with Gasteiger partial charge < -0.3 is 14.5 Å². The number of nitrogens with zero attached hydrogens (tertiary/aromatic N) is 2. The van der Waals surface area contributed by atoms with Gasteiger partial charge in [0.05, 0.1) is 31.5 Å². The molecule has 23 heavy (non-hydrogen) atoms. The molecule has 0 fully saturated rings. The standard InChI is InChI=1S/C18H19N3O2/c1-13-16(21-10-4-3-5-17(21)20-13)12-19-18(22)11-14-6-8-15(23-2)9-7-14/h3-10H,11-12H2,1-2H3,(H,19,22). The van der Waals surface area contributed by atoms with Crippen LogP contribution in [0.25, 0.3) is 5.65 Å². The molecule has 118 valence electrons. The second kappa shape index (κ2) is 6.52. The normalized spacial score (nSPS) is 10.7. The van der Waals surface area contributed by atoms with Gasteiger partial charge in [0.15, 0.2) is 0 Å². The number of aryl methyl sites for hydroxylation is 1. The first-order valence-corrected chi connectivity index (χ1v) is 7.49. The zero-order chi connectivity index (χ0) is 16.2. The monoisotopic (exact) mass is 309 g/mol. The lowest BCUT2D eigenvalue weighted by atomic mass is 10.1. The number of methoxy groups -OCH3 is 1. The number of carbonyl (C=O) groups excluding carboxylic acids is 1. The van der Waals surface area contributed by atoms with Crippen LogP contribution < -0.4 is 10.1 Å². The summed E-state index contributed by atoms with van der Waals surface area (Å²) in [5, 5.41) is 2.96. The Morgan fingerprint density at radius 1 is 1.22 bits per heavy atom. The molecule has 1 amide bonds. The second-order valence-electron chi connectivity index (χ2n) is 5.37. The molecule has 2 aromatic heterocycles. The number of hydrogen-bond acceptors (Lipinski definition) is 3. The van der Waals surface area contributed by atoms with Crippen molar-refractivity contribution in [1.29, 1.82) is 0 Å². The van der Waals surface area contributed by atoms with Crippen LogP contribution in [-0.2, 0) is 17.8 Å². The number of benzene rings is 1. The Kier molecular flexibility index (Phi) is 4.28. The molecule has 0 atom stereocenters. The van der Waals surface area contributed by atoms with Crippen molar-refractivity contribution in [2.75, 3.05) is 7.11 Å². The summed E-state index contributed by atoms with van der Waals surface area (Å²) in [4.78, 5) is 16.6. The topological polar surface area (TPSA) is 55.6 Å². The van der Waals surface area contributed by atoms with Gasteiger partial charge in [-0.1, -0.05) is 18.2 Å². The van der Waals surface area contributed by atoms with Crippen LogP contribution in [0.3, 0.4) is 0 Å².